The summed E-state index contributed by atoms with van der Waals surface area (Å²) in [7, 11) is -2.40. The predicted molar refractivity (Wildman–Crippen MR) is 188 cm³/mol. The maximum Gasteiger partial charge on any atom is 0.433 e. The molecule has 1 aromatic heterocycles. The first kappa shape index (κ1) is 41.2. The van der Waals surface area contributed by atoms with Crippen molar-refractivity contribution >= 4 is 49.1 Å². The van der Waals surface area contributed by atoms with Crippen LogP contribution in [0.25, 0.3) is 0 Å². The molecule has 1 saturated heterocycles. The third-order valence-electron chi connectivity index (χ3n) is 9.74. The van der Waals surface area contributed by atoms with Crippen molar-refractivity contribution < 1.29 is 36.7 Å². The molecule has 49 heavy (non-hydrogen) atoms. The van der Waals surface area contributed by atoms with Gasteiger partial charge in [-0.1, -0.05) is 44.0 Å². The lowest BCUT2D eigenvalue weighted by molar-refractivity contribution is -0.149. The van der Waals surface area contributed by atoms with Gasteiger partial charge in [-0.3, -0.25) is 19.6 Å². The molecule has 1 aromatic rings. The van der Waals surface area contributed by atoms with Crippen LogP contribution < -0.4 is 5.73 Å². The molecule has 2 N–H and O–H groups in total. The molecule has 2 fully saturated rings. The lowest BCUT2D eigenvalue weighted by Gasteiger charge is -2.37. The Bertz CT molecular complexity index is 1320. The number of pyridine rings is 1. The predicted octanol–water partition coefficient (Wildman–Crippen LogP) is 8.21. The highest BCUT2D eigenvalue weighted by molar-refractivity contribution is 6.73. The van der Waals surface area contributed by atoms with Crippen LogP contribution in [0.3, 0.4) is 0 Å². The van der Waals surface area contributed by atoms with Gasteiger partial charge in [0.25, 0.3) is 5.91 Å². The number of alkyl halides is 3. The van der Waals surface area contributed by atoms with Crippen LogP contribution in [0.1, 0.15) is 91.7 Å². The molecule has 2 atom stereocenters. The number of ether oxygens (including phenoxy) is 2. The normalized spacial score (nSPS) is 22.6. The summed E-state index contributed by atoms with van der Waals surface area (Å²) >= 11 is 13.3. The van der Waals surface area contributed by atoms with Crippen LogP contribution in [-0.2, 0) is 23.5 Å². The van der Waals surface area contributed by atoms with E-state index in [4.69, 9.17) is 42.8 Å². The lowest BCUT2D eigenvalue weighted by atomic mass is 9.86. The maximum absolute atomic E-state index is 14.8. The van der Waals surface area contributed by atoms with Crippen LogP contribution in [0.2, 0.25) is 28.2 Å². The number of aliphatic imine (C=N–C) groups is 1. The van der Waals surface area contributed by atoms with Gasteiger partial charge in [0.05, 0.1) is 58.5 Å². The third kappa shape index (κ3) is 10.9. The van der Waals surface area contributed by atoms with E-state index in [1.807, 2.05) is 34.6 Å². The van der Waals surface area contributed by atoms with E-state index in [0.717, 1.165) is 18.1 Å². The van der Waals surface area contributed by atoms with Gasteiger partial charge in [0, 0.05) is 30.7 Å². The number of hydrogen-bond donors (Lipinski definition) is 1. The zero-order valence-corrected chi connectivity index (χ0v) is 31.9. The summed E-state index contributed by atoms with van der Waals surface area (Å²) in [6, 6.07) is 1.54. The SMILES string of the molecule is CCOC(=O)C1CCC(N=C(C(=CN)C(=O)N(CC(O[Si](CC)(CC)CC)c2c(Cl)cncc2Cl)C[C@H]2CCC(C)(C)O2)C(F)(F)F)CC1. The molecule has 0 bridgehead atoms. The van der Waals surface area contributed by atoms with Crippen molar-refractivity contribution in [3.63, 3.8) is 0 Å². The number of rotatable bonds is 15. The zero-order chi connectivity index (χ0) is 36.6. The van der Waals surface area contributed by atoms with Crippen molar-refractivity contribution in [2.45, 2.75) is 128 Å². The second kappa shape index (κ2) is 17.8. The highest BCUT2D eigenvalue weighted by atomic mass is 35.5. The Labute approximate surface area is 299 Å². The fourth-order valence-electron chi connectivity index (χ4n) is 6.71. The zero-order valence-electron chi connectivity index (χ0n) is 29.4. The Morgan fingerprint density at radius 1 is 1.10 bits per heavy atom. The van der Waals surface area contributed by atoms with Crippen molar-refractivity contribution in [3.05, 3.63) is 39.8 Å². The number of amides is 1. The highest BCUT2D eigenvalue weighted by Gasteiger charge is 2.44. The van der Waals surface area contributed by atoms with E-state index in [0.29, 0.717) is 37.4 Å². The number of aromatic nitrogens is 1. The van der Waals surface area contributed by atoms with Gasteiger partial charge in [-0.05, 0) is 77.4 Å². The van der Waals surface area contributed by atoms with Crippen molar-refractivity contribution in [1.82, 2.24) is 9.88 Å². The minimum atomic E-state index is -4.99. The Morgan fingerprint density at radius 2 is 1.69 bits per heavy atom. The van der Waals surface area contributed by atoms with Crippen LogP contribution in [0.4, 0.5) is 13.2 Å². The molecule has 9 nitrogen and oxygen atoms in total. The number of esters is 1. The second-order valence-electron chi connectivity index (χ2n) is 13.4. The summed E-state index contributed by atoms with van der Waals surface area (Å²) in [5.41, 5.74) is 3.69. The molecule has 15 heteroatoms. The quantitative estimate of drug-likeness (QED) is 0.0832. The summed E-state index contributed by atoms with van der Waals surface area (Å²) < 4.78 is 62.5. The minimum Gasteiger partial charge on any atom is -0.466 e. The van der Waals surface area contributed by atoms with Crippen molar-refractivity contribution in [1.29, 1.82) is 0 Å². The molecule has 1 saturated carbocycles. The van der Waals surface area contributed by atoms with E-state index in [2.05, 4.69) is 9.98 Å². The number of nitrogens with zero attached hydrogens (tertiary/aromatic N) is 3. The molecule has 2 heterocycles. The molecule has 1 amide bonds. The summed E-state index contributed by atoms with van der Waals surface area (Å²) in [6.07, 6.45) is -0.326. The number of halogens is 5. The Balaban J connectivity index is 2.05. The summed E-state index contributed by atoms with van der Waals surface area (Å²) in [4.78, 5) is 36.1. The highest BCUT2D eigenvalue weighted by Crippen LogP contribution is 2.39. The molecule has 1 aliphatic carbocycles. The van der Waals surface area contributed by atoms with E-state index in [1.54, 1.807) is 6.92 Å². The van der Waals surface area contributed by atoms with Gasteiger partial charge in [0.1, 0.15) is 0 Å². The molecular formula is C34H51Cl2F3N4O5Si. The average molecular weight is 752 g/mol. The number of nitrogens with two attached hydrogens (primary N) is 1. The van der Waals surface area contributed by atoms with Gasteiger partial charge in [-0.15, -0.1) is 0 Å². The van der Waals surface area contributed by atoms with E-state index < -0.39 is 61.5 Å². The van der Waals surface area contributed by atoms with E-state index in [1.165, 1.54) is 17.3 Å². The standard InChI is InChI=1S/C34H51Cl2F3N4O5Si/c1-7-46-32(45)22-11-13-23(14-12-22)42-30(34(37,38)39)25(17-40)31(44)43(20-24-15-16-33(5,6)47-24)21-28(48-49(8-2,9-3)10-4)29-26(35)18-41-19-27(29)36/h17-19,22-24,28H,7-16,20-21,40H2,1-6H3/t22?,23?,24-,28?/m1/s1. The lowest BCUT2D eigenvalue weighted by Crippen LogP contribution is -2.47. The third-order valence-corrected chi connectivity index (χ3v) is 15.0. The molecule has 0 spiro atoms. The minimum absolute atomic E-state index is 0.0193. The van der Waals surface area contributed by atoms with Crippen LogP contribution >= 0.6 is 23.2 Å². The van der Waals surface area contributed by atoms with Gasteiger partial charge in [0.15, 0.2) is 14.0 Å². The van der Waals surface area contributed by atoms with Gasteiger partial charge >= 0.3 is 12.1 Å². The van der Waals surface area contributed by atoms with Gasteiger partial charge in [-0.25, -0.2) is 0 Å². The summed E-state index contributed by atoms with van der Waals surface area (Å²) in [5.74, 6) is -1.72. The average Bonchev–Trinajstić information content (AvgIpc) is 3.40. The number of hydrogen-bond acceptors (Lipinski definition) is 8. The molecular weight excluding hydrogens is 700 g/mol. The first-order valence-electron chi connectivity index (χ1n) is 17.2. The van der Waals surface area contributed by atoms with E-state index in [-0.39, 0.29) is 48.6 Å². The molecule has 2 aliphatic rings. The summed E-state index contributed by atoms with van der Waals surface area (Å²) in [6.45, 7) is 11.8. The maximum atomic E-state index is 14.8. The Hall–Kier alpha value is -2.19. The van der Waals surface area contributed by atoms with Crippen molar-refractivity contribution in [2.75, 3.05) is 19.7 Å². The number of carbonyl (C=O) groups is 2. The molecule has 1 aliphatic heterocycles. The molecule has 1 unspecified atom stereocenters. The second-order valence-corrected chi connectivity index (χ2v) is 19.0. The largest absolute Gasteiger partial charge is 0.466 e. The molecule has 0 aromatic carbocycles. The topological polar surface area (TPSA) is 116 Å². The Morgan fingerprint density at radius 3 is 2.16 bits per heavy atom. The first-order valence-corrected chi connectivity index (χ1v) is 20.5. The smallest absolute Gasteiger partial charge is 0.433 e. The van der Waals surface area contributed by atoms with Crippen LogP contribution in [0.5, 0.6) is 0 Å². The van der Waals surface area contributed by atoms with Gasteiger partial charge in [-0.2, -0.15) is 13.2 Å². The Kier molecular flexibility index (Phi) is 15.0. The summed E-state index contributed by atoms with van der Waals surface area (Å²) in [5, 5.41) is 0.444. The molecule has 276 valence electrons. The number of carbonyl (C=O) groups excluding carboxylic acids is 2. The van der Waals surface area contributed by atoms with Gasteiger partial charge < -0.3 is 24.5 Å². The first-order chi connectivity index (χ1) is 23.0. The van der Waals surface area contributed by atoms with Crippen LogP contribution in [0.15, 0.2) is 29.2 Å². The van der Waals surface area contributed by atoms with E-state index in [9.17, 15) is 22.8 Å². The van der Waals surface area contributed by atoms with E-state index >= 15 is 0 Å². The molecule has 3 rings (SSSR count). The van der Waals surface area contributed by atoms with Gasteiger partial charge in [0.2, 0.25) is 0 Å². The fraction of sp³-hybridized carbons (Fsp3) is 0.706. The fourth-order valence-corrected chi connectivity index (χ4v) is 10.1. The van der Waals surface area contributed by atoms with Crippen molar-refractivity contribution in [2.24, 2.45) is 16.6 Å². The molecule has 0 radical (unpaired) electrons. The van der Waals surface area contributed by atoms with Crippen molar-refractivity contribution in [3.8, 4) is 0 Å². The van der Waals surface area contributed by atoms with Crippen LogP contribution in [-0.4, -0.2) is 79.4 Å². The van der Waals surface area contributed by atoms with Crippen LogP contribution in [0, 0.1) is 5.92 Å². The monoisotopic (exact) mass is 750 g/mol.